The van der Waals surface area contributed by atoms with Crippen molar-refractivity contribution in [3.05, 3.63) is 118 Å². The van der Waals surface area contributed by atoms with Gasteiger partial charge < -0.3 is 0 Å². The zero-order chi connectivity index (χ0) is 23.5. The van der Waals surface area contributed by atoms with Crippen molar-refractivity contribution in [2.75, 3.05) is 0 Å². The normalized spacial score (nSPS) is 10.4. The number of fused-ring (bicyclic) bond motifs is 1. The van der Waals surface area contributed by atoms with Gasteiger partial charge in [0.05, 0.1) is 11.1 Å². The van der Waals surface area contributed by atoms with Crippen molar-refractivity contribution >= 4 is 10.8 Å². The average molecular weight is 446 g/mol. The molecule has 0 aliphatic rings. The molecule has 0 atom stereocenters. The SMILES string of the molecule is CCc1ccc(C#Cc2ccc(C#Cc3ccc4c(F)c(F)c(F)cc4c3)c(F)c2)c(F)c1. The molecule has 0 aromatic heterocycles. The average Bonchev–Trinajstić information content (AvgIpc) is 2.81. The molecule has 0 heterocycles. The standard InChI is InChI=1S/C28H15F5/c1-2-17-3-8-20(24(29)14-17)10-5-19-6-11-21(25(30)15-19)9-4-18-7-12-23-22(13-18)16-26(31)28(33)27(23)32/h3,6-8,11-16H,2H2,1H3. The van der Waals surface area contributed by atoms with Gasteiger partial charge in [0.1, 0.15) is 11.6 Å². The van der Waals surface area contributed by atoms with Crippen LogP contribution in [-0.4, -0.2) is 0 Å². The van der Waals surface area contributed by atoms with Gasteiger partial charge in [0.25, 0.3) is 0 Å². The number of benzene rings is 4. The molecular weight excluding hydrogens is 431 g/mol. The van der Waals surface area contributed by atoms with Crippen LogP contribution < -0.4 is 0 Å². The predicted octanol–water partition coefficient (Wildman–Crippen LogP) is 6.90. The van der Waals surface area contributed by atoms with Crippen LogP contribution in [0, 0.1) is 52.8 Å². The van der Waals surface area contributed by atoms with E-state index >= 15 is 0 Å². The first-order chi connectivity index (χ1) is 15.9. The van der Waals surface area contributed by atoms with Crippen LogP contribution in [0.5, 0.6) is 0 Å². The summed E-state index contributed by atoms with van der Waals surface area (Å²) in [7, 11) is 0. The van der Waals surface area contributed by atoms with Gasteiger partial charge in [0.15, 0.2) is 17.5 Å². The molecule has 0 saturated carbocycles. The fraction of sp³-hybridized carbons (Fsp3) is 0.0714. The molecule has 0 amide bonds. The van der Waals surface area contributed by atoms with Crippen molar-refractivity contribution < 1.29 is 22.0 Å². The van der Waals surface area contributed by atoms with Crippen molar-refractivity contribution in [2.24, 2.45) is 0 Å². The molecule has 4 aromatic carbocycles. The molecule has 33 heavy (non-hydrogen) atoms. The molecule has 0 radical (unpaired) electrons. The van der Waals surface area contributed by atoms with Crippen molar-refractivity contribution in [3.8, 4) is 23.7 Å². The van der Waals surface area contributed by atoms with E-state index in [0.29, 0.717) is 17.5 Å². The molecule has 0 aliphatic carbocycles. The second-order valence-corrected chi connectivity index (χ2v) is 7.28. The lowest BCUT2D eigenvalue weighted by molar-refractivity contribution is 0.453. The first kappa shape index (κ1) is 22.1. The maximum absolute atomic E-state index is 14.5. The van der Waals surface area contributed by atoms with Gasteiger partial charge in [-0.2, -0.15) is 0 Å². The Hall–Kier alpha value is -4.09. The molecule has 0 spiro atoms. The van der Waals surface area contributed by atoms with Crippen LogP contribution in [0.3, 0.4) is 0 Å². The van der Waals surface area contributed by atoms with Crippen LogP contribution in [-0.2, 0) is 6.42 Å². The van der Waals surface area contributed by atoms with Gasteiger partial charge in [-0.25, -0.2) is 22.0 Å². The molecule has 0 fully saturated rings. The van der Waals surface area contributed by atoms with E-state index in [1.165, 1.54) is 36.4 Å². The minimum atomic E-state index is -1.53. The Morgan fingerprint density at radius 3 is 1.82 bits per heavy atom. The summed E-state index contributed by atoms with van der Waals surface area (Å²) < 4.78 is 69.2. The summed E-state index contributed by atoms with van der Waals surface area (Å²) in [5.41, 5.74) is 1.91. The van der Waals surface area contributed by atoms with E-state index in [9.17, 15) is 22.0 Å². The zero-order valence-corrected chi connectivity index (χ0v) is 17.4. The summed E-state index contributed by atoms with van der Waals surface area (Å²) >= 11 is 0. The summed E-state index contributed by atoms with van der Waals surface area (Å²) in [5.74, 6) is 5.68. The summed E-state index contributed by atoms with van der Waals surface area (Å²) in [6.07, 6.45) is 0.712. The lowest BCUT2D eigenvalue weighted by Crippen LogP contribution is -1.92. The summed E-state index contributed by atoms with van der Waals surface area (Å²) in [6, 6.07) is 14.0. The zero-order valence-electron chi connectivity index (χ0n) is 17.4. The number of halogens is 5. The van der Waals surface area contributed by atoms with E-state index in [-0.39, 0.29) is 21.9 Å². The van der Waals surface area contributed by atoms with Gasteiger partial charge in [-0.05, 0) is 65.9 Å². The highest BCUT2D eigenvalue weighted by Crippen LogP contribution is 2.24. The van der Waals surface area contributed by atoms with Crippen LogP contribution >= 0.6 is 0 Å². The summed E-state index contributed by atoms with van der Waals surface area (Å²) in [5, 5.41) is 0.0674. The Morgan fingerprint density at radius 1 is 0.576 bits per heavy atom. The largest absolute Gasteiger partial charge is 0.206 e. The molecule has 0 saturated heterocycles. The van der Waals surface area contributed by atoms with E-state index in [4.69, 9.17) is 0 Å². The fourth-order valence-electron chi connectivity index (χ4n) is 3.24. The maximum atomic E-state index is 14.5. The Labute approximate surface area is 187 Å². The van der Waals surface area contributed by atoms with Crippen molar-refractivity contribution in [1.29, 1.82) is 0 Å². The molecule has 4 aromatic rings. The van der Waals surface area contributed by atoms with Crippen LogP contribution in [0.1, 0.15) is 34.7 Å². The third kappa shape index (κ3) is 4.73. The van der Waals surface area contributed by atoms with Crippen LogP contribution in [0.2, 0.25) is 0 Å². The first-order valence-electron chi connectivity index (χ1n) is 10.0. The van der Waals surface area contributed by atoms with Gasteiger partial charge >= 0.3 is 0 Å². The summed E-state index contributed by atoms with van der Waals surface area (Å²) in [4.78, 5) is 0. The number of aryl methyl sites for hydroxylation is 1. The molecule has 0 unspecified atom stereocenters. The molecule has 0 bridgehead atoms. The van der Waals surface area contributed by atoms with E-state index < -0.39 is 29.1 Å². The molecule has 5 heteroatoms. The maximum Gasteiger partial charge on any atom is 0.195 e. The van der Waals surface area contributed by atoms with Gasteiger partial charge in [-0.1, -0.05) is 42.7 Å². The van der Waals surface area contributed by atoms with Crippen molar-refractivity contribution in [1.82, 2.24) is 0 Å². The fourth-order valence-corrected chi connectivity index (χ4v) is 3.24. The van der Waals surface area contributed by atoms with Crippen molar-refractivity contribution in [3.63, 3.8) is 0 Å². The Bertz CT molecular complexity index is 1510. The smallest absolute Gasteiger partial charge is 0.195 e. The van der Waals surface area contributed by atoms with Gasteiger partial charge in [-0.15, -0.1) is 0 Å². The van der Waals surface area contributed by atoms with E-state index in [1.54, 1.807) is 18.2 Å². The first-order valence-corrected chi connectivity index (χ1v) is 10.0. The van der Waals surface area contributed by atoms with E-state index in [0.717, 1.165) is 11.6 Å². The lowest BCUT2D eigenvalue weighted by Gasteiger charge is -2.02. The van der Waals surface area contributed by atoms with Crippen LogP contribution in [0.25, 0.3) is 10.8 Å². The highest BCUT2D eigenvalue weighted by atomic mass is 19.2. The highest BCUT2D eigenvalue weighted by Gasteiger charge is 2.13. The van der Waals surface area contributed by atoms with Crippen molar-refractivity contribution in [2.45, 2.75) is 13.3 Å². The second kappa shape index (κ2) is 9.18. The third-order valence-electron chi connectivity index (χ3n) is 5.07. The Balaban J connectivity index is 1.59. The minimum absolute atomic E-state index is 0.0747. The molecule has 162 valence electrons. The lowest BCUT2D eigenvalue weighted by atomic mass is 10.1. The molecule has 0 nitrogen and oxygen atoms in total. The number of hydrogen-bond acceptors (Lipinski definition) is 0. The number of hydrogen-bond donors (Lipinski definition) is 0. The third-order valence-corrected chi connectivity index (χ3v) is 5.07. The van der Waals surface area contributed by atoms with Gasteiger partial charge in [0, 0.05) is 16.5 Å². The van der Waals surface area contributed by atoms with Crippen LogP contribution in [0.15, 0.2) is 60.7 Å². The second-order valence-electron chi connectivity index (χ2n) is 7.28. The minimum Gasteiger partial charge on any atom is -0.206 e. The monoisotopic (exact) mass is 446 g/mol. The Morgan fingerprint density at radius 2 is 1.18 bits per heavy atom. The summed E-state index contributed by atoms with van der Waals surface area (Å²) in [6.45, 7) is 1.92. The van der Waals surface area contributed by atoms with E-state index in [2.05, 4.69) is 23.7 Å². The number of rotatable bonds is 1. The molecule has 0 N–H and O–H groups in total. The topological polar surface area (TPSA) is 0 Å². The van der Waals surface area contributed by atoms with Gasteiger partial charge in [0.2, 0.25) is 0 Å². The quantitative estimate of drug-likeness (QED) is 0.170. The molecule has 0 aliphatic heterocycles. The van der Waals surface area contributed by atoms with Gasteiger partial charge in [-0.3, -0.25) is 0 Å². The Kier molecular flexibility index (Phi) is 6.16. The van der Waals surface area contributed by atoms with Crippen LogP contribution in [0.4, 0.5) is 22.0 Å². The predicted molar refractivity (Wildman–Crippen MR) is 118 cm³/mol. The molecule has 4 rings (SSSR count). The van der Waals surface area contributed by atoms with E-state index in [1.807, 2.05) is 6.92 Å². The highest BCUT2D eigenvalue weighted by molar-refractivity contribution is 5.84. The molecular formula is C28H15F5.